The number of hydrogen-bond acceptors (Lipinski definition) is 0. The van der Waals surface area contributed by atoms with Crippen LogP contribution < -0.4 is 0 Å². The first-order valence-electron chi connectivity index (χ1n) is 7.06. The van der Waals surface area contributed by atoms with Crippen molar-refractivity contribution in [1.29, 1.82) is 0 Å². The van der Waals surface area contributed by atoms with Crippen molar-refractivity contribution in [1.82, 2.24) is 0 Å². The van der Waals surface area contributed by atoms with Gasteiger partial charge in [0, 0.05) is 0 Å². The summed E-state index contributed by atoms with van der Waals surface area (Å²) >= 11 is 0. The van der Waals surface area contributed by atoms with Gasteiger partial charge in [-0.2, -0.15) is 0 Å². The SMILES string of the molecule is CCCCCCCCC[N+]1(CC)C=CC=C1. The average Bonchev–Trinajstić information content (AvgIpc) is 2.77. The molecule has 1 rings (SSSR count). The first-order chi connectivity index (χ1) is 7.83. The molecule has 1 heterocycles. The van der Waals surface area contributed by atoms with E-state index in [1.54, 1.807) is 0 Å². The van der Waals surface area contributed by atoms with Gasteiger partial charge in [0.05, 0.1) is 13.1 Å². The van der Waals surface area contributed by atoms with Crippen LogP contribution in [-0.4, -0.2) is 17.6 Å². The van der Waals surface area contributed by atoms with Gasteiger partial charge < -0.3 is 0 Å². The molecular formula is C15H28N+. The lowest BCUT2D eigenvalue weighted by Gasteiger charge is -2.27. The Hall–Kier alpha value is -0.560. The Morgan fingerprint density at radius 2 is 1.31 bits per heavy atom. The van der Waals surface area contributed by atoms with Gasteiger partial charge in [0.25, 0.3) is 0 Å². The van der Waals surface area contributed by atoms with Crippen LogP contribution in [0.2, 0.25) is 0 Å². The molecule has 0 fully saturated rings. The molecule has 0 aromatic heterocycles. The Kier molecular flexibility index (Phi) is 6.47. The van der Waals surface area contributed by atoms with E-state index in [9.17, 15) is 0 Å². The van der Waals surface area contributed by atoms with Gasteiger partial charge in [0.1, 0.15) is 12.4 Å². The highest BCUT2D eigenvalue weighted by atomic mass is 15.3. The van der Waals surface area contributed by atoms with Crippen molar-refractivity contribution in [3.63, 3.8) is 0 Å². The average molecular weight is 222 g/mol. The van der Waals surface area contributed by atoms with Crippen LogP contribution in [0.4, 0.5) is 0 Å². The number of allylic oxidation sites excluding steroid dienone is 2. The van der Waals surface area contributed by atoms with E-state index in [0.29, 0.717) is 0 Å². The molecule has 0 unspecified atom stereocenters. The fourth-order valence-corrected chi connectivity index (χ4v) is 2.37. The number of quaternary nitrogens is 1. The van der Waals surface area contributed by atoms with E-state index in [4.69, 9.17) is 0 Å². The van der Waals surface area contributed by atoms with Crippen LogP contribution in [0.5, 0.6) is 0 Å². The summed E-state index contributed by atoms with van der Waals surface area (Å²) < 4.78 is 1.08. The largest absolute Gasteiger partial charge is 0.271 e. The summed E-state index contributed by atoms with van der Waals surface area (Å²) in [6.45, 7) is 7.04. The van der Waals surface area contributed by atoms with Gasteiger partial charge >= 0.3 is 0 Å². The number of hydrogen-bond donors (Lipinski definition) is 0. The van der Waals surface area contributed by atoms with Gasteiger partial charge in [0.2, 0.25) is 0 Å². The lowest BCUT2D eigenvalue weighted by atomic mass is 10.1. The molecule has 1 nitrogen and oxygen atoms in total. The molecule has 92 valence electrons. The third-order valence-electron chi connectivity index (χ3n) is 3.64. The Morgan fingerprint density at radius 3 is 1.88 bits per heavy atom. The monoisotopic (exact) mass is 222 g/mol. The molecule has 0 amide bonds. The molecule has 0 aromatic rings. The fourth-order valence-electron chi connectivity index (χ4n) is 2.37. The van der Waals surface area contributed by atoms with Gasteiger partial charge in [-0.25, -0.2) is 0 Å². The van der Waals surface area contributed by atoms with Gasteiger partial charge in [-0.3, -0.25) is 4.48 Å². The van der Waals surface area contributed by atoms with Crippen LogP contribution in [0.3, 0.4) is 0 Å². The zero-order valence-electron chi connectivity index (χ0n) is 11.1. The maximum absolute atomic E-state index is 2.33. The lowest BCUT2D eigenvalue weighted by Crippen LogP contribution is -2.36. The Balaban J connectivity index is 2.02. The molecule has 0 bridgehead atoms. The second-order valence-corrected chi connectivity index (χ2v) is 4.95. The molecule has 1 aliphatic heterocycles. The van der Waals surface area contributed by atoms with Crippen LogP contribution in [0.1, 0.15) is 58.8 Å². The minimum Gasteiger partial charge on any atom is -0.271 e. The van der Waals surface area contributed by atoms with Crippen molar-refractivity contribution >= 4 is 0 Å². The van der Waals surface area contributed by atoms with Gasteiger partial charge in [0.15, 0.2) is 0 Å². The van der Waals surface area contributed by atoms with Crippen LogP contribution in [0.25, 0.3) is 0 Å². The van der Waals surface area contributed by atoms with Gasteiger partial charge in [-0.1, -0.05) is 39.0 Å². The van der Waals surface area contributed by atoms with E-state index >= 15 is 0 Å². The lowest BCUT2D eigenvalue weighted by molar-refractivity contribution is -0.824. The zero-order chi connectivity index (χ0) is 11.7. The van der Waals surface area contributed by atoms with Crippen LogP contribution in [0.15, 0.2) is 24.6 Å². The van der Waals surface area contributed by atoms with E-state index < -0.39 is 0 Å². The third kappa shape index (κ3) is 4.52. The highest BCUT2D eigenvalue weighted by Gasteiger charge is 2.20. The zero-order valence-corrected chi connectivity index (χ0v) is 11.1. The van der Waals surface area contributed by atoms with Crippen molar-refractivity contribution in [3.05, 3.63) is 24.6 Å². The number of nitrogens with zero attached hydrogens (tertiary/aromatic N) is 1. The molecule has 0 atom stereocenters. The summed E-state index contributed by atoms with van der Waals surface area (Å²) in [5.41, 5.74) is 0. The standard InChI is InChI=1S/C15H28N/c1-3-5-6-7-8-9-10-13-16(4-2)14-11-12-15-16/h11-12,14-15H,3-10,13H2,1-2H3/q+1. The molecule has 0 spiro atoms. The second kappa shape index (κ2) is 7.67. The minimum atomic E-state index is 1.08. The third-order valence-corrected chi connectivity index (χ3v) is 3.64. The molecule has 1 aliphatic rings. The van der Waals surface area contributed by atoms with Crippen molar-refractivity contribution in [2.75, 3.05) is 13.1 Å². The number of rotatable bonds is 9. The predicted octanol–water partition coefficient (Wildman–Crippen LogP) is 4.61. The normalized spacial score (nSPS) is 17.1. The van der Waals surface area contributed by atoms with Crippen LogP contribution in [0, 0.1) is 0 Å². The Morgan fingerprint density at radius 1 is 0.750 bits per heavy atom. The van der Waals surface area contributed by atoms with E-state index in [-0.39, 0.29) is 0 Å². The summed E-state index contributed by atoms with van der Waals surface area (Å²) in [7, 11) is 0. The smallest absolute Gasteiger partial charge is 0.101 e. The molecule has 0 N–H and O–H groups in total. The molecule has 0 aliphatic carbocycles. The quantitative estimate of drug-likeness (QED) is 0.394. The molecule has 0 saturated carbocycles. The summed E-state index contributed by atoms with van der Waals surface area (Å²) in [5.74, 6) is 0. The van der Waals surface area contributed by atoms with Crippen molar-refractivity contribution < 1.29 is 4.48 Å². The van der Waals surface area contributed by atoms with E-state index in [1.165, 1.54) is 58.0 Å². The maximum Gasteiger partial charge on any atom is 0.101 e. The maximum atomic E-state index is 2.33. The topological polar surface area (TPSA) is 0 Å². The van der Waals surface area contributed by atoms with E-state index in [0.717, 1.165) is 4.48 Å². The van der Waals surface area contributed by atoms with Crippen molar-refractivity contribution in [2.24, 2.45) is 0 Å². The molecule has 0 aromatic carbocycles. The summed E-state index contributed by atoms with van der Waals surface area (Å²) in [6.07, 6.45) is 18.9. The summed E-state index contributed by atoms with van der Waals surface area (Å²) in [6, 6.07) is 0. The van der Waals surface area contributed by atoms with E-state index in [2.05, 4.69) is 38.4 Å². The minimum absolute atomic E-state index is 1.08. The van der Waals surface area contributed by atoms with Crippen LogP contribution in [-0.2, 0) is 0 Å². The van der Waals surface area contributed by atoms with Gasteiger partial charge in [-0.05, 0) is 31.9 Å². The molecule has 16 heavy (non-hydrogen) atoms. The van der Waals surface area contributed by atoms with E-state index in [1.807, 2.05) is 0 Å². The highest BCUT2D eigenvalue weighted by Crippen LogP contribution is 2.18. The van der Waals surface area contributed by atoms with Crippen molar-refractivity contribution in [3.8, 4) is 0 Å². The number of unbranched alkanes of at least 4 members (excludes halogenated alkanes) is 6. The fraction of sp³-hybridized carbons (Fsp3) is 0.733. The Labute approximate surface area is 101 Å². The van der Waals surface area contributed by atoms with Gasteiger partial charge in [-0.15, -0.1) is 0 Å². The van der Waals surface area contributed by atoms with Crippen LogP contribution >= 0.6 is 0 Å². The summed E-state index contributed by atoms with van der Waals surface area (Å²) in [5, 5.41) is 0. The van der Waals surface area contributed by atoms with Crippen molar-refractivity contribution in [2.45, 2.75) is 58.8 Å². The Bertz CT molecular complexity index is 216. The second-order valence-electron chi connectivity index (χ2n) is 4.95. The predicted molar refractivity (Wildman–Crippen MR) is 71.9 cm³/mol. The molecule has 1 heteroatoms. The highest BCUT2D eigenvalue weighted by molar-refractivity contribution is 5.03. The molecule has 0 radical (unpaired) electrons. The first-order valence-corrected chi connectivity index (χ1v) is 7.06. The molecular weight excluding hydrogens is 194 g/mol. The molecule has 0 saturated heterocycles. The first kappa shape index (κ1) is 13.5. The summed E-state index contributed by atoms with van der Waals surface area (Å²) in [4.78, 5) is 0.